The van der Waals surface area contributed by atoms with Gasteiger partial charge in [0.05, 0.1) is 6.54 Å². The van der Waals surface area contributed by atoms with E-state index < -0.39 is 0 Å². The van der Waals surface area contributed by atoms with Crippen LogP contribution >= 0.6 is 0 Å². The van der Waals surface area contributed by atoms with Gasteiger partial charge in [-0.15, -0.1) is 0 Å². The fourth-order valence-corrected chi connectivity index (χ4v) is 1.55. The van der Waals surface area contributed by atoms with Gasteiger partial charge in [-0.3, -0.25) is 4.79 Å². The molecule has 1 amide bonds. The maximum Gasteiger partial charge on any atom is 0.233 e. The number of nitrogens with one attached hydrogen (secondary N) is 2. The van der Waals surface area contributed by atoms with E-state index in [0.717, 1.165) is 26.1 Å². The number of likely N-dealkylation sites (N-methyl/N-ethyl adjacent to an activating group) is 1. The molecule has 0 bridgehead atoms. The molecular formula is C10H20N2O2. The topological polar surface area (TPSA) is 50.4 Å². The molecule has 1 aliphatic rings. The van der Waals surface area contributed by atoms with E-state index in [1.807, 2.05) is 6.92 Å². The molecule has 0 aromatic rings. The lowest BCUT2D eigenvalue weighted by atomic mass is 9.92. The van der Waals surface area contributed by atoms with Gasteiger partial charge in [0.25, 0.3) is 0 Å². The Bertz CT molecular complexity index is 189. The summed E-state index contributed by atoms with van der Waals surface area (Å²) in [5.74, 6) is 0.0696. The second kappa shape index (κ2) is 5.32. The maximum atomic E-state index is 11.2. The first-order valence-corrected chi connectivity index (χ1v) is 5.26. The van der Waals surface area contributed by atoms with Crippen LogP contribution in [0.3, 0.4) is 0 Å². The molecule has 2 N–H and O–H groups in total. The van der Waals surface area contributed by atoms with E-state index in [1.54, 1.807) is 0 Å². The van der Waals surface area contributed by atoms with Crippen LogP contribution in [0.4, 0.5) is 0 Å². The number of hydrogen-bond donors (Lipinski definition) is 2. The van der Waals surface area contributed by atoms with E-state index in [-0.39, 0.29) is 11.4 Å². The van der Waals surface area contributed by atoms with Gasteiger partial charge in [-0.25, -0.2) is 0 Å². The van der Waals surface area contributed by atoms with Crippen LogP contribution in [0.1, 0.15) is 26.7 Å². The van der Waals surface area contributed by atoms with Crippen molar-refractivity contribution >= 4 is 5.91 Å². The van der Waals surface area contributed by atoms with Crippen LogP contribution in [0.15, 0.2) is 0 Å². The molecule has 1 rings (SSSR count). The molecule has 0 atom stereocenters. The number of ether oxygens (including phenoxy) is 1. The molecule has 0 radical (unpaired) electrons. The Labute approximate surface area is 85.4 Å². The maximum absolute atomic E-state index is 11.2. The Morgan fingerprint density at radius 2 is 2.07 bits per heavy atom. The van der Waals surface area contributed by atoms with Crippen LogP contribution < -0.4 is 10.6 Å². The Morgan fingerprint density at radius 1 is 1.43 bits per heavy atom. The van der Waals surface area contributed by atoms with Crippen LogP contribution in [0.25, 0.3) is 0 Å². The molecule has 1 aliphatic heterocycles. The van der Waals surface area contributed by atoms with Crippen molar-refractivity contribution in [2.24, 2.45) is 0 Å². The molecule has 0 aromatic carbocycles. The smallest absolute Gasteiger partial charge is 0.233 e. The molecule has 0 aliphatic carbocycles. The largest absolute Gasteiger partial charge is 0.381 e. The highest BCUT2D eigenvalue weighted by atomic mass is 16.5. The zero-order valence-corrected chi connectivity index (χ0v) is 9.06. The summed E-state index contributed by atoms with van der Waals surface area (Å²) >= 11 is 0. The first-order chi connectivity index (χ1) is 6.66. The molecule has 1 heterocycles. The molecule has 4 heteroatoms. The van der Waals surface area contributed by atoms with Crippen molar-refractivity contribution in [2.45, 2.75) is 32.2 Å². The van der Waals surface area contributed by atoms with E-state index in [1.165, 1.54) is 0 Å². The molecule has 0 unspecified atom stereocenters. The highest BCUT2D eigenvalue weighted by molar-refractivity contribution is 5.77. The summed E-state index contributed by atoms with van der Waals surface area (Å²) in [6, 6.07) is 0. The van der Waals surface area contributed by atoms with Crippen LogP contribution in [0.5, 0.6) is 0 Å². The molecule has 0 spiro atoms. The van der Waals surface area contributed by atoms with E-state index in [2.05, 4.69) is 17.6 Å². The van der Waals surface area contributed by atoms with Gasteiger partial charge < -0.3 is 15.4 Å². The third kappa shape index (κ3) is 3.64. The van der Waals surface area contributed by atoms with Gasteiger partial charge in [0.1, 0.15) is 0 Å². The van der Waals surface area contributed by atoms with Gasteiger partial charge in [0.2, 0.25) is 5.91 Å². The Morgan fingerprint density at radius 3 is 2.64 bits per heavy atom. The second-order valence-electron chi connectivity index (χ2n) is 3.98. The number of carbonyl (C=O) groups excluding carboxylic acids is 1. The third-order valence-corrected chi connectivity index (χ3v) is 2.65. The minimum Gasteiger partial charge on any atom is -0.381 e. The third-order valence-electron chi connectivity index (χ3n) is 2.65. The lowest BCUT2D eigenvalue weighted by molar-refractivity contribution is -0.120. The van der Waals surface area contributed by atoms with Crippen molar-refractivity contribution in [3.8, 4) is 0 Å². The van der Waals surface area contributed by atoms with Gasteiger partial charge >= 0.3 is 0 Å². The molecule has 1 saturated heterocycles. The highest BCUT2D eigenvalue weighted by Crippen LogP contribution is 2.18. The van der Waals surface area contributed by atoms with Crippen LogP contribution in [0.2, 0.25) is 0 Å². The SMILES string of the molecule is CCNC(=O)CNC1(C)CCOCC1. The zero-order valence-electron chi connectivity index (χ0n) is 9.06. The quantitative estimate of drug-likeness (QED) is 0.685. The molecule has 4 nitrogen and oxygen atoms in total. The van der Waals surface area contributed by atoms with Crippen molar-refractivity contribution in [2.75, 3.05) is 26.3 Å². The fraction of sp³-hybridized carbons (Fsp3) is 0.900. The van der Waals surface area contributed by atoms with E-state index in [0.29, 0.717) is 13.1 Å². The first kappa shape index (κ1) is 11.5. The summed E-state index contributed by atoms with van der Waals surface area (Å²) < 4.78 is 5.28. The summed E-state index contributed by atoms with van der Waals surface area (Å²) in [6.07, 6.45) is 1.96. The van der Waals surface area contributed by atoms with Gasteiger partial charge in [0.15, 0.2) is 0 Å². The van der Waals surface area contributed by atoms with Crippen molar-refractivity contribution in [3.05, 3.63) is 0 Å². The van der Waals surface area contributed by atoms with Gasteiger partial charge in [-0.1, -0.05) is 0 Å². The van der Waals surface area contributed by atoms with E-state index >= 15 is 0 Å². The number of carbonyl (C=O) groups is 1. The van der Waals surface area contributed by atoms with Crippen LogP contribution in [-0.4, -0.2) is 37.7 Å². The van der Waals surface area contributed by atoms with Gasteiger partial charge in [-0.05, 0) is 26.7 Å². The van der Waals surface area contributed by atoms with Crippen LogP contribution in [0, 0.1) is 0 Å². The molecule has 0 saturated carbocycles. The number of hydrogen-bond acceptors (Lipinski definition) is 3. The average molecular weight is 200 g/mol. The summed E-state index contributed by atoms with van der Waals surface area (Å²) in [6.45, 7) is 6.76. The fourth-order valence-electron chi connectivity index (χ4n) is 1.55. The predicted molar refractivity (Wildman–Crippen MR) is 55.1 cm³/mol. The number of rotatable bonds is 4. The molecule has 82 valence electrons. The molecule has 1 fully saturated rings. The summed E-state index contributed by atoms with van der Waals surface area (Å²) in [4.78, 5) is 11.2. The second-order valence-corrected chi connectivity index (χ2v) is 3.98. The average Bonchev–Trinajstić information content (AvgIpc) is 2.17. The normalized spacial score (nSPS) is 20.4. The highest BCUT2D eigenvalue weighted by Gasteiger charge is 2.26. The van der Waals surface area contributed by atoms with Gasteiger partial charge in [0, 0.05) is 25.3 Å². The minimum atomic E-state index is 0.0696. The lowest BCUT2D eigenvalue weighted by Crippen LogP contribution is -2.50. The molecule has 0 aromatic heterocycles. The van der Waals surface area contributed by atoms with Gasteiger partial charge in [-0.2, -0.15) is 0 Å². The first-order valence-electron chi connectivity index (χ1n) is 5.26. The molecule has 14 heavy (non-hydrogen) atoms. The monoisotopic (exact) mass is 200 g/mol. The Kier molecular flexibility index (Phi) is 4.35. The predicted octanol–water partition coefficient (Wildman–Crippen LogP) is 0.281. The van der Waals surface area contributed by atoms with Crippen molar-refractivity contribution in [3.63, 3.8) is 0 Å². The minimum absolute atomic E-state index is 0.0696. The Hall–Kier alpha value is -0.610. The summed E-state index contributed by atoms with van der Waals surface area (Å²) in [5.41, 5.74) is 0.0727. The lowest BCUT2D eigenvalue weighted by Gasteiger charge is -2.34. The summed E-state index contributed by atoms with van der Waals surface area (Å²) in [7, 11) is 0. The van der Waals surface area contributed by atoms with E-state index in [4.69, 9.17) is 4.74 Å². The Balaban J connectivity index is 2.24. The number of amides is 1. The standard InChI is InChI=1S/C10H20N2O2/c1-3-11-9(13)8-12-10(2)4-6-14-7-5-10/h12H,3-8H2,1-2H3,(H,11,13). The van der Waals surface area contributed by atoms with Crippen molar-refractivity contribution in [1.29, 1.82) is 0 Å². The van der Waals surface area contributed by atoms with Crippen molar-refractivity contribution in [1.82, 2.24) is 10.6 Å². The van der Waals surface area contributed by atoms with Crippen molar-refractivity contribution < 1.29 is 9.53 Å². The van der Waals surface area contributed by atoms with Crippen LogP contribution in [-0.2, 0) is 9.53 Å². The molecular weight excluding hydrogens is 180 g/mol. The zero-order chi connectivity index (χ0) is 10.4. The summed E-state index contributed by atoms with van der Waals surface area (Å²) in [5, 5.41) is 6.06. The van der Waals surface area contributed by atoms with E-state index in [9.17, 15) is 4.79 Å².